The van der Waals surface area contributed by atoms with E-state index in [9.17, 15) is 4.79 Å². The van der Waals surface area contributed by atoms with Crippen LogP contribution in [0.5, 0.6) is 0 Å². The van der Waals surface area contributed by atoms with E-state index >= 15 is 0 Å². The second-order valence-corrected chi connectivity index (χ2v) is 4.59. The average Bonchev–Trinajstić information content (AvgIpc) is 2.81. The van der Waals surface area contributed by atoms with Crippen molar-refractivity contribution in [1.29, 1.82) is 0 Å². The molecule has 1 aliphatic rings. The molecule has 2 heterocycles. The first-order valence-corrected chi connectivity index (χ1v) is 5.81. The minimum Gasteiger partial charge on any atom is -0.304 e. The maximum atomic E-state index is 12.3. The average molecular weight is 229 g/mol. The smallest absolute Gasteiger partial charge is 0.276 e. The SMILES string of the molecule is Cc1cccc(-n2[nH]c3c(c2=O)C(C)NC3)c1. The molecule has 88 valence electrons. The van der Waals surface area contributed by atoms with Gasteiger partial charge in [-0.1, -0.05) is 12.1 Å². The lowest BCUT2D eigenvalue weighted by Gasteiger charge is -2.05. The summed E-state index contributed by atoms with van der Waals surface area (Å²) in [4.78, 5) is 12.3. The molecule has 0 saturated heterocycles. The third-order valence-corrected chi connectivity index (χ3v) is 3.28. The van der Waals surface area contributed by atoms with Crippen LogP contribution >= 0.6 is 0 Å². The van der Waals surface area contributed by atoms with E-state index in [1.807, 2.05) is 38.1 Å². The van der Waals surface area contributed by atoms with Crippen molar-refractivity contribution in [3.8, 4) is 5.69 Å². The summed E-state index contributed by atoms with van der Waals surface area (Å²) in [6.45, 7) is 4.78. The maximum Gasteiger partial charge on any atom is 0.276 e. The topological polar surface area (TPSA) is 49.8 Å². The first kappa shape index (κ1) is 10.4. The minimum atomic E-state index is 0.0584. The van der Waals surface area contributed by atoms with E-state index in [1.165, 1.54) is 0 Å². The summed E-state index contributed by atoms with van der Waals surface area (Å²) in [7, 11) is 0. The largest absolute Gasteiger partial charge is 0.304 e. The molecule has 17 heavy (non-hydrogen) atoms. The van der Waals surface area contributed by atoms with Gasteiger partial charge in [0.1, 0.15) is 0 Å². The van der Waals surface area contributed by atoms with Crippen LogP contribution in [-0.4, -0.2) is 9.78 Å². The molecule has 0 amide bonds. The van der Waals surface area contributed by atoms with Crippen molar-refractivity contribution < 1.29 is 0 Å². The van der Waals surface area contributed by atoms with E-state index in [-0.39, 0.29) is 11.6 Å². The molecular formula is C13H15N3O. The number of benzene rings is 1. The zero-order valence-electron chi connectivity index (χ0n) is 9.95. The van der Waals surface area contributed by atoms with Gasteiger partial charge in [-0.3, -0.25) is 9.89 Å². The normalized spacial score (nSPS) is 18.4. The molecule has 2 N–H and O–H groups in total. The van der Waals surface area contributed by atoms with Crippen molar-refractivity contribution in [3.63, 3.8) is 0 Å². The highest BCUT2D eigenvalue weighted by atomic mass is 16.1. The van der Waals surface area contributed by atoms with Gasteiger partial charge >= 0.3 is 0 Å². The molecule has 0 aliphatic carbocycles. The molecule has 4 heteroatoms. The van der Waals surface area contributed by atoms with E-state index in [1.54, 1.807) is 4.68 Å². The minimum absolute atomic E-state index is 0.0584. The number of hydrogen-bond donors (Lipinski definition) is 2. The Labute approximate surface area is 99.3 Å². The molecule has 4 nitrogen and oxygen atoms in total. The van der Waals surface area contributed by atoms with E-state index in [0.29, 0.717) is 0 Å². The monoisotopic (exact) mass is 229 g/mol. The predicted molar refractivity (Wildman–Crippen MR) is 66.4 cm³/mol. The van der Waals surface area contributed by atoms with Crippen LogP contribution < -0.4 is 10.9 Å². The second kappa shape index (κ2) is 3.60. The van der Waals surface area contributed by atoms with Gasteiger partial charge in [0.05, 0.1) is 16.9 Å². The van der Waals surface area contributed by atoms with Crippen molar-refractivity contribution >= 4 is 0 Å². The first-order chi connectivity index (χ1) is 8.16. The van der Waals surface area contributed by atoms with Gasteiger partial charge in [0, 0.05) is 12.6 Å². The number of aryl methyl sites for hydroxylation is 1. The molecule has 3 rings (SSSR count). The number of fused-ring (bicyclic) bond motifs is 1. The number of aromatic nitrogens is 2. The molecule has 0 spiro atoms. The predicted octanol–water partition coefficient (Wildman–Crippen LogP) is 1.64. The molecule has 1 aromatic heterocycles. The van der Waals surface area contributed by atoms with Gasteiger partial charge in [0.15, 0.2) is 0 Å². The van der Waals surface area contributed by atoms with Gasteiger partial charge in [-0.05, 0) is 31.5 Å². The van der Waals surface area contributed by atoms with Crippen LogP contribution in [0.2, 0.25) is 0 Å². The molecule has 1 aliphatic heterocycles. The molecule has 2 aromatic rings. The summed E-state index contributed by atoms with van der Waals surface area (Å²) < 4.78 is 1.63. The summed E-state index contributed by atoms with van der Waals surface area (Å²) in [6, 6.07) is 8.07. The van der Waals surface area contributed by atoms with Crippen LogP contribution in [0, 0.1) is 6.92 Å². The number of nitrogens with one attached hydrogen (secondary N) is 2. The van der Waals surface area contributed by atoms with Gasteiger partial charge in [-0.15, -0.1) is 0 Å². The zero-order chi connectivity index (χ0) is 12.0. The molecule has 1 atom stereocenters. The van der Waals surface area contributed by atoms with E-state index in [2.05, 4.69) is 10.4 Å². The summed E-state index contributed by atoms with van der Waals surface area (Å²) in [5.74, 6) is 0. The Bertz CT molecular complexity index is 624. The van der Waals surface area contributed by atoms with Crippen LogP contribution in [0.15, 0.2) is 29.1 Å². The van der Waals surface area contributed by atoms with E-state index in [0.717, 1.165) is 29.1 Å². The lowest BCUT2D eigenvalue weighted by Crippen LogP contribution is -2.22. The van der Waals surface area contributed by atoms with Crippen LogP contribution in [0.1, 0.15) is 29.8 Å². The third-order valence-electron chi connectivity index (χ3n) is 3.28. The Morgan fingerprint density at radius 3 is 2.94 bits per heavy atom. The number of hydrogen-bond acceptors (Lipinski definition) is 2. The Balaban J connectivity index is 2.18. The van der Waals surface area contributed by atoms with Crippen LogP contribution in [0.4, 0.5) is 0 Å². The molecule has 0 saturated carbocycles. The number of rotatable bonds is 1. The van der Waals surface area contributed by atoms with Crippen molar-refractivity contribution in [3.05, 3.63) is 51.4 Å². The fraction of sp³-hybridized carbons (Fsp3) is 0.308. The quantitative estimate of drug-likeness (QED) is 0.781. The lowest BCUT2D eigenvalue weighted by atomic mass is 10.2. The standard InChI is InChI=1S/C13H15N3O/c1-8-4-3-5-10(6-8)16-13(17)12-9(2)14-7-11(12)15-16/h3-6,9,14-15H,7H2,1-2H3. The second-order valence-electron chi connectivity index (χ2n) is 4.59. The summed E-state index contributed by atoms with van der Waals surface area (Å²) >= 11 is 0. The Morgan fingerprint density at radius 1 is 1.41 bits per heavy atom. The van der Waals surface area contributed by atoms with E-state index < -0.39 is 0 Å². The Kier molecular flexibility index (Phi) is 2.19. The van der Waals surface area contributed by atoms with Gasteiger partial charge in [0.25, 0.3) is 5.56 Å². The van der Waals surface area contributed by atoms with Gasteiger partial charge in [0.2, 0.25) is 0 Å². The number of H-pyrrole nitrogens is 1. The molecule has 0 radical (unpaired) electrons. The van der Waals surface area contributed by atoms with Crippen molar-refractivity contribution in [2.45, 2.75) is 26.4 Å². The zero-order valence-corrected chi connectivity index (χ0v) is 9.95. The summed E-state index contributed by atoms with van der Waals surface area (Å²) in [5, 5.41) is 6.43. The van der Waals surface area contributed by atoms with E-state index in [4.69, 9.17) is 0 Å². The molecular weight excluding hydrogens is 214 g/mol. The Hall–Kier alpha value is -1.81. The van der Waals surface area contributed by atoms with Crippen LogP contribution in [-0.2, 0) is 6.54 Å². The van der Waals surface area contributed by atoms with Gasteiger partial charge in [-0.2, -0.15) is 0 Å². The van der Waals surface area contributed by atoms with Gasteiger partial charge < -0.3 is 5.32 Å². The number of aromatic amines is 1. The van der Waals surface area contributed by atoms with Crippen molar-refractivity contribution in [2.75, 3.05) is 0 Å². The van der Waals surface area contributed by atoms with Crippen LogP contribution in [0.3, 0.4) is 0 Å². The highest BCUT2D eigenvalue weighted by Gasteiger charge is 2.25. The fourth-order valence-corrected chi connectivity index (χ4v) is 2.38. The highest BCUT2D eigenvalue weighted by molar-refractivity contribution is 5.37. The Morgan fingerprint density at radius 2 is 2.24 bits per heavy atom. The summed E-state index contributed by atoms with van der Waals surface area (Å²) in [5.41, 5.74) is 3.98. The van der Waals surface area contributed by atoms with Crippen LogP contribution in [0.25, 0.3) is 5.69 Å². The summed E-state index contributed by atoms with van der Waals surface area (Å²) in [6.07, 6.45) is 0. The maximum absolute atomic E-state index is 12.3. The molecule has 1 unspecified atom stereocenters. The molecule has 0 bridgehead atoms. The van der Waals surface area contributed by atoms with Crippen molar-refractivity contribution in [2.24, 2.45) is 0 Å². The van der Waals surface area contributed by atoms with Gasteiger partial charge in [-0.25, -0.2) is 4.68 Å². The lowest BCUT2D eigenvalue weighted by molar-refractivity contribution is 0.611. The highest BCUT2D eigenvalue weighted by Crippen LogP contribution is 2.20. The molecule has 0 fully saturated rings. The number of nitrogens with zero attached hydrogens (tertiary/aromatic N) is 1. The fourth-order valence-electron chi connectivity index (χ4n) is 2.38. The molecule has 1 aromatic carbocycles. The van der Waals surface area contributed by atoms with Crippen molar-refractivity contribution in [1.82, 2.24) is 15.1 Å². The third kappa shape index (κ3) is 1.52. The first-order valence-electron chi connectivity index (χ1n) is 5.81.